The Morgan fingerprint density at radius 2 is 1.60 bits per heavy atom. The van der Waals surface area contributed by atoms with Crippen molar-refractivity contribution >= 4 is 23.1 Å². The van der Waals surface area contributed by atoms with E-state index in [9.17, 15) is 21.6 Å². The van der Waals surface area contributed by atoms with Gasteiger partial charge in [-0.25, -0.2) is 18.3 Å². The molecule has 1 heterocycles. The van der Waals surface area contributed by atoms with Crippen LogP contribution in [0.2, 0.25) is 0 Å². The molecule has 15 heavy (non-hydrogen) atoms. The summed E-state index contributed by atoms with van der Waals surface area (Å²) in [6.07, 6.45) is 0. The van der Waals surface area contributed by atoms with Gasteiger partial charge in [0.2, 0.25) is 9.84 Å². The molecule has 0 aliphatic rings. The van der Waals surface area contributed by atoms with Crippen LogP contribution in [0, 0.1) is 11.9 Å². The van der Waals surface area contributed by atoms with E-state index in [0.29, 0.717) is 0 Å². The molecule has 0 aliphatic heterocycles. The summed E-state index contributed by atoms with van der Waals surface area (Å²) in [5.41, 5.74) is -1.01. The number of aromatic nitrogens is 2. The minimum absolute atomic E-state index is 0. The number of halogens is 3. The van der Waals surface area contributed by atoms with E-state index in [-0.39, 0.29) is 51.4 Å². The second-order valence-electron chi connectivity index (χ2n) is 2.23. The Kier molecular flexibility index (Phi) is 5.93. The van der Waals surface area contributed by atoms with Crippen molar-refractivity contribution in [1.29, 1.82) is 0 Å². The normalized spacial score (nSPS) is 10.9. The van der Waals surface area contributed by atoms with Crippen molar-refractivity contribution in [3.05, 3.63) is 11.9 Å². The third-order valence-electron chi connectivity index (χ3n) is 1.25. The standard InChI is InChI=1S/C5H2BF3N2O2S.K/c6-2-3(8)10-5(11-4(2)9)14(12,13)1-7;/h1H2;/q-1;+1. The minimum Gasteiger partial charge on any atom is -0.568 e. The monoisotopic (exact) mass is 261 g/mol. The van der Waals surface area contributed by atoms with Crippen LogP contribution in [-0.2, 0) is 9.84 Å². The maximum absolute atomic E-state index is 12.6. The minimum atomic E-state index is -4.48. The third kappa shape index (κ3) is 3.50. The Bertz CT molecular complexity index is 446. The second-order valence-corrected chi connectivity index (χ2v) is 4.04. The van der Waals surface area contributed by atoms with Crippen LogP contribution in [0.25, 0.3) is 0 Å². The zero-order chi connectivity index (χ0) is 10.9. The SMILES string of the molecule is [B-]c1c(F)nc(S(=O)(=O)CF)nc1F.[K+]. The average molecular weight is 261 g/mol. The fraction of sp³-hybridized carbons (Fsp3) is 0.200. The van der Waals surface area contributed by atoms with Crippen molar-refractivity contribution < 1.29 is 73.0 Å². The fourth-order valence-electron chi connectivity index (χ4n) is 0.586. The Balaban J connectivity index is 0.00000196. The van der Waals surface area contributed by atoms with E-state index >= 15 is 0 Å². The van der Waals surface area contributed by atoms with E-state index in [4.69, 9.17) is 7.85 Å². The first-order valence-electron chi connectivity index (χ1n) is 3.15. The summed E-state index contributed by atoms with van der Waals surface area (Å²) in [5.74, 6) is -3.07. The molecule has 10 heteroatoms. The van der Waals surface area contributed by atoms with E-state index in [2.05, 4.69) is 9.97 Å². The summed E-state index contributed by atoms with van der Waals surface area (Å²) in [7, 11) is 0.288. The largest absolute Gasteiger partial charge is 1.00 e. The van der Waals surface area contributed by atoms with Gasteiger partial charge in [0.25, 0.3) is 5.16 Å². The van der Waals surface area contributed by atoms with Crippen LogP contribution in [0.3, 0.4) is 0 Å². The molecule has 0 N–H and O–H groups in total. The third-order valence-corrected chi connectivity index (χ3v) is 2.28. The average Bonchev–Trinajstić information content (AvgIpc) is 2.13. The van der Waals surface area contributed by atoms with E-state index in [1.165, 1.54) is 0 Å². The van der Waals surface area contributed by atoms with E-state index in [1.54, 1.807) is 0 Å². The van der Waals surface area contributed by atoms with Gasteiger partial charge in [0.15, 0.2) is 17.9 Å². The molecule has 0 atom stereocenters. The van der Waals surface area contributed by atoms with Gasteiger partial charge in [0, 0.05) is 0 Å². The molecule has 0 amide bonds. The van der Waals surface area contributed by atoms with Crippen molar-refractivity contribution in [2.45, 2.75) is 5.16 Å². The van der Waals surface area contributed by atoms with Crippen molar-refractivity contribution in [1.82, 2.24) is 9.97 Å². The molecule has 1 rings (SSSR count). The van der Waals surface area contributed by atoms with Crippen LogP contribution < -0.4 is 56.8 Å². The molecule has 0 unspecified atom stereocenters. The molecule has 0 aliphatic carbocycles. The Labute approximate surface area is 127 Å². The molecule has 0 saturated carbocycles. The summed E-state index contributed by atoms with van der Waals surface area (Å²) in [5, 5.41) is -1.26. The number of sulfone groups is 1. The molecule has 1 aromatic heterocycles. The fourth-order valence-corrected chi connectivity index (χ4v) is 1.12. The van der Waals surface area contributed by atoms with Crippen molar-refractivity contribution in [3.63, 3.8) is 0 Å². The Hall–Kier alpha value is 0.521. The molecule has 0 spiro atoms. The first kappa shape index (κ1) is 15.5. The molecule has 4 nitrogen and oxygen atoms in total. The molecule has 1 aromatic rings. The van der Waals surface area contributed by atoms with Crippen LogP contribution >= 0.6 is 0 Å². The molecule has 0 saturated heterocycles. The number of hydrogen-bond donors (Lipinski definition) is 0. The number of alkyl halides is 1. The molecule has 3 radical (unpaired) electrons. The Morgan fingerprint density at radius 3 is 1.93 bits per heavy atom. The smallest absolute Gasteiger partial charge is 0.568 e. The van der Waals surface area contributed by atoms with Gasteiger partial charge in [-0.3, -0.25) is 0 Å². The predicted octanol–water partition coefficient (Wildman–Crippen LogP) is -3.75. The number of nitrogens with zero attached hydrogens (tertiary/aromatic N) is 2. The van der Waals surface area contributed by atoms with E-state index in [0.717, 1.165) is 0 Å². The van der Waals surface area contributed by atoms with Crippen molar-refractivity contribution in [2.75, 3.05) is 6.01 Å². The van der Waals surface area contributed by atoms with Crippen molar-refractivity contribution in [3.8, 4) is 0 Å². The van der Waals surface area contributed by atoms with Gasteiger partial charge in [0.1, 0.15) is 0 Å². The van der Waals surface area contributed by atoms with Gasteiger partial charge in [-0.15, -0.1) is 0 Å². The van der Waals surface area contributed by atoms with Crippen LogP contribution in [-0.4, -0.2) is 32.2 Å². The van der Waals surface area contributed by atoms with Crippen LogP contribution in [0.15, 0.2) is 5.16 Å². The number of rotatable bonds is 2. The maximum atomic E-state index is 12.6. The summed E-state index contributed by atoms with van der Waals surface area (Å²) >= 11 is 0. The van der Waals surface area contributed by atoms with E-state index < -0.39 is 38.4 Å². The molecular weight excluding hydrogens is 259 g/mol. The maximum Gasteiger partial charge on any atom is 1.00 e. The Morgan fingerprint density at radius 1 is 1.20 bits per heavy atom. The van der Waals surface area contributed by atoms with Crippen LogP contribution in [0.4, 0.5) is 13.2 Å². The zero-order valence-corrected chi connectivity index (χ0v) is 11.5. The van der Waals surface area contributed by atoms with Gasteiger partial charge < -0.3 is 7.85 Å². The molecule has 0 fully saturated rings. The summed E-state index contributed by atoms with van der Waals surface area (Å²) < 4.78 is 58.6. The van der Waals surface area contributed by atoms with Gasteiger partial charge >= 0.3 is 51.4 Å². The molecule has 0 bridgehead atoms. The van der Waals surface area contributed by atoms with E-state index in [1.807, 2.05) is 0 Å². The summed E-state index contributed by atoms with van der Waals surface area (Å²) in [4.78, 5) is 5.41. The van der Waals surface area contributed by atoms with Crippen molar-refractivity contribution in [2.24, 2.45) is 0 Å². The first-order valence-corrected chi connectivity index (χ1v) is 4.81. The van der Waals surface area contributed by atoms with Gasteiger partial charge in [0.05, 0.1) is 0 Å². The molecular formula is C5H2BF3KN2O2S. The number of hydrogen-bond acceptors (Lipinski definition) is 4. The van der Waals surface area contributed by atoms with Crippen LogP contribution in [0.1, 0.15) is 0 Å². The molecule has 75 valence electrons. The van der Waals surface area contributed by atoms with Crippen LogP contribution in [0.5, 0.6) is 0 Å². The summed E-state index contributed by atoms with van der Waals surface area (Å²) in [6, 6.07) is -1.84. The first-order chi connectivity index (χ1) is 6.38. The van der Waals surface area contributed by atoms with Gasteiger partial charge in [-0.05, 0) is 0 Å². The topological polar surface area (TPSA) is 59.9 Å². The van der Waals surface area contributed by atoms with Gasteiger partial charge in [-0.2, -0.15) is 18.7 Å². The zero-order valence-electron chi connectivity index (χ0n) is 7.54. The quantitative estimate of drug-likeness (QED) is 0.312. The predicted molar refractivity (Wildman–Crippen MR) is 40.5 cm³/mol. The van der Waals surface area contributed by atoms with Gasteiger partial charge in [-0.1, -0.05) is 0 Å². The molecule has 0 aromatic carbocycles. The second kappa shape index (κ2) is 5.73. The summed E-state index contributed by atoms with van der Waals surface area (Å²) in [6.45, 7) is 0.